The Kier molecular flexibility index (Phi) is 5.54. The van der Waals surface area contributed by atoms with Gasteiger partial charge in [0, 0.05) is 17.6 Å². The quantitative estimate of drug-likeness (QED) is 0.372. The second-order valence-electron chi connectivity index (χ2n) is 5.75. The number of carbonyl (C=O) groups excluding carboxylic acids is 1. The molecule has 0 aromatic rings. The standard InChI is InChI=1S/C11H23IN2O/c1-10(2,3)13-7-9(12)14(8-15)11(4,5)6/h8-9,13H,7H2,1-6H3. The highest BCUT2D eigenvalue weighted by molar-refractivity contribution is 14.1. The first-order valence-corrected chi connectivity index (χ1v) is 6.45. The minimum Gasteiger partial charge on any atom is -0.327 e. The van der Waals surface area contributed by atoms with E-state index in [1.807, 2.05) is 25.7 Å². The lowest BCUT2D eigenvalue weighted by atomic mass is 10.1. The number of hydrogen-bond donors (Lipinski definition) is 1. The minimum absolute atomic E-state index is 0.0931. The smallest absolute Gasteiger partial charge is 0.211 e. The summed E-state index contributed by atoms with van der Waals surface area (Å²) in [6.07, 6.45) is 0.932. The van der Waals surface area contributed by atoms with Crippen molar-refractivity contribution in [3.63, 3.8) is 0 Å². The molecular weight excluding hydrogens is 303 g/mol. The molecule has 0 radical (unpaired) electrons. The number of hydrogen-bond acceptors (Lipinski definition) is 2. The van der Waals surface area contributed by atoms with E-state index in [1.54, 1.807) is 0 Å². The minimum atomic E-state index is -0.118. The number of nitrogens with one attached hydrogen (secondary N) is 1. The highest BCUT2D eigenvalue weighted by Gasteiger charge is 2.26. The number of carbonyl (C=O) groups is 1. The first-order chi connectivity index (χ1) is 6.58. The Hall–Kier alpha value is 0.160. The fraction of sp³-hybridized carbons (Fsp3) is 0.909. The normalized spacial score (nSPS) is 14.9. The Labute approximate surface area is 107 Å². The molecule has 0 aromatic heterocycles. The molecule has 0 saturated heterocycles. The summed E-state index contributed by atoms with van der Waals surface area (Å²) in [5.41, 5.74) is -0.0248. The van der Waals surface area contributed by atoms with E-state index in [2.05, 4.69) is 48.7 Å². The largest absolute Gasteiger partial charge is 0.327 e. The van der Waals surface area contributed by atoms with Crippen molar-refractivity contribution in [2.75, 3.05) is 6.54 Å². The van der Waals surface area contributed by atoms with Crippen LogP contribution in [0.1, 0.15) is 41.5 Å². The SMILES string of the molecule is CC(C)(C)NCC(I)N(C=O)C(C)(C)C. The zero-order valence-corrected chi connectivity index (χ0v) is 12.8. The van der Waals surface area contributed by atoms with E-state index in [-0.39, 0.29) is 15.1 Å². The van der Waals surface area contributed by atoms with Crippen LogP contribution in [-0.4, -0.2) is 33.0 Å². The van der Waals surface area contributed by atoms with Gasteiger partial charge in [-0.05, 0) is 41.5 Å². The summed E-state index contributed by atoms with van der Waals surface area (Å²) in [5.74, 6) is 0. The van der Waals surface area contributed by atoms with Gasteiger partial charge in [0.05, 0.1) is 4.05 Å². The summed E-state index contributed by atoms with van der Waals surface area (Å²) in [6, 6.07) is 0. The molecule has 1 unspecified atom stereocenters. The van der Waals surface area contributed by atoms with Gasteiger partial charge in [-0.2, -0.15) is 0 Å². The molecule has 4 heteroatoms. The van der Waals surface area contributed by atoms with Crippen LogP contribution in [0.2, 0.25) is 0 Å². The number of nitrogens with zero attached hydrogens (tertiary/aromatic N) is 1. The van der Waals surface area contributed by atoms with Crippen molar-refractivity contribution in [1.82, 2.24) is 10.2 Å². The van der Waals surface area contributed by atoms with Gasteiger partial charge >= 0.3 is 0 Å². The third kappa shape index (κ3) is 6.35. The maximum atomic E-state index is 11.0. The zero-order chi connectivity index (χ0) is 12.3. The van der Waals surface area contributed by atoms with Gasteiger partial charge in [0.15, 0.2) is 0 Å². The molecule has 1 amide bonds. The van der Waals surface area contributed by atoms with Crippen LogP contribution >= 0.6 is 22.6 Å². The summed E-state index contributed by atoms with van der Waals surface area (Å²) in [7, 11) is 0. The number of halogens is 1. The third-order valence-corrected chi connectivity index (χ3v) is 3.03. The molecule has 3 nitrogen and oxygen atoms in total. The number of rotatable bonds is 4. The van der Waals surface area contributed by atoms with Crippen LogP contribution in [0.25, 0.3) is 0 Å². The first-order valence-electron chi connectivity index (χ1n) is 5.21. The lowest BCUT2D eigenvalue weighted by Gasteiger charge is -2.37. The molecule has 1 atom stereocenters. The third-order valence-electron chi connectivity index (χ3n) is 1.99. The summed E-state index contributed by atoms with van der Waals surface area (Å²) < 4.78 is 0.180. The molecule has 0 aromatic carbocycles. The average Bonchev–Trinajstić information content (AvgIpc) is 1.98. The molecule has 0 spiro atoms. The van der Waals surface area contributed by atoms with Crippen molar-refractivity contribution in [3.8, 4) is 0 Å². The Morgan fingerprint density at radius 3 is 2.00 bits per heavy atom. The van der Waals surface area contributed by atoms with Crippen molar-refractivity contribution in [3.05, 3.63) is 0 Å². The van der Waals surface area contributed by atoms with E-state index in [0.717, 1.165) is 13.0 Å². The Bertz CT molecular complexity index is 206. The van der Waals surface area contributed by atoms with Crippen molar-refractivity contribution in [2.24, 2.45) is 0 Å². The molecule has 0 aliphatic carbocycles. The monoisotopic (exact) mass is 326 g/mol. The second kappa shape index (κ2) is 5.48. The van der Waals surface area contributed by atoms with Gasteiger partial charge in [0.25, 0.3) is 0 Å². The summed E-state index contributed by atoms with van der Waals surface area (Å²) >= 11 is 2.30. The average molecular weight is 326 g/mol. The molecule has 0 aliphatic heterocycles. The van der Waals surface area contributed by atoms with E-state index in [9.17, 15) is 4.79 Å². The Morgan fingerprint density at radius 1 is 1.27 bits per heavy atom. The molecular formula is C11H23IN2O. The maximum absolute atomic E-state index is 11.0. The zero-order valence-electron chi connectivity index (χ0n) is 10.6. The summed E-state index contributed by atoms with van der Waals surface area (Å²) in [4.78, 5) is 12.9. The predicted octanol–water partition coefficient (Wildman–Crippen LogP) is 2.39. The fourth-order valence-electron chi connectivity index (χ4n) is 1.13. The Morgan fingerprint density at radius 2 is 1.73 bits per heavy atom. The van der Waals surface area contributed by atoms with Crippen molar-refractivity contribution < 1.29 is 4.79 Å². The molecule has 15 heavy (non-hydrogen) atoms. The molecule has 0 aliphatic rings. The van der Waals surface area contributed by atoms with Gasteiger partial charge < -0.3 is 10.2 Å². The molecule has 0 rings (SSSR count). The highest BCUT2D eigenvalue weighted by Crippen LogP contribution is 2.18. The van der Waals surface area contributed by atoms with Crippen LogP contribution < -0.4 is 5.32 Å². The van der Waals surface area contributed by atoms with E-state index in [0.29, 0.717) is 0 Å². The van der Waals surface area contributed by atoms with Gasteiger partial charge in [-0.3, -0.25) is 4.79 Å². The summed E-state index contributed by atoms with van der Waals surface area (Å²) in [5, 5.41) is 3.40. The topological polar surface area (TPSA) is 32.3 Å². The molecule has 1 N–H and O–H groups in total. The molecule has 0 saturated carbocycles. The van der Waals surface area contributed by atoms with Gasteiger partial charge in [0.1, 0.15) is 0 Å². The van der Waals surface area contributed by atoms with E-state index >= 15 is 0 Å². The van der Waals surface area contributed by atoms with E-state index in [4.69, 9.17) is 0 Å². The molecule has 0 fully saturated rings. The van der Waals surface area contributed by atoms with Crippen LogP contribution in [0.5, 0.6) is 0 Å². The predicted molar refractivity (Wildman–Crippen MR) is 73.2 cm³/mol. The second-order valence-corrected chi connectivity index (χ2v) is 7.19. The van der Waals surface area contributed by atoms with Crippen LogP contribution in [0, 0.1) is 0 Å². The highest BCUT2D eigenvalue weighted by atomic mass is 127. The molecule has 0 heterocycles. The van der Waals surface area contributed by atoms with E-state index < -0.39 is 0 Å². The van der Waals surface area contributed by atoms with Crippen molar-refractivity contribution in [2.45, 2.75) is 56.7 Å². The van der Waals surface area contributed by atoms with Gasteiger partial charge in [-0.15, -0.1) is 0 Å². The van der Waals surface area contributed by atoms with Crippen LogP contribution in [0.15, 0.2) is 0 Å². The first kappa shape index (κ1) is 15.2. The number of alkyl halides is 1. The Balaban J connectivity index is 4.30. The van der Waals surface area contributed by atoms with Crippen LogP contribution in [0.3, 0.4) is 0 Å². The van der Waals surface area contributed by atoms with Crippen LogP contribution in [-0.2, 0) is 4.79 Å². The van der Waals surface area contributed by atoms with Gasteiger partial charge in [-0.25, -0.2) is 0 Å². The molecule has 0 bridgehead atoms. The van der Waals surface area contributed by atoms with Gasteiger partial charge in [0.2, 0.25) is 6.41 Å². The lowest BCUT2D eigenvalue weighted by Crippen LogP contribution is -2.50. The van der Waals surface area contributed by atoms with Crippen molar-refractivity contribution in [1.29, 1.82) is 0 Å². The summed E-state index contributed by atoms with van der Waals surface area (Å²) in [6.45, 7) is 13.3. The number of amides is 1. The van der Waals surface area contributed by atoms with Gasteiger partial charge in [-0.1, -0.05) is 22.6 Å². The maximum Gasteiger partial charge on any atom is 0.211 e. The van der Waals surface area contributed by atoms with Crippen LogP contribution in [0.4, 0.5) is 0 Å². The molecule has 90 valence electrons. The van der Waals surface area contributed by atoms with Crippen molar-refractivity contribution >= 4 is 29.0 Å². The van der Waals surface area contributed by atoms with E-state index in [1.165, 1.54) is 0 Å². The lowest BCUT2D eigenvalue weighted by molar-refractivity contribution is -0.122. The fourth-order valence-corrected chi connectivity index (χ4v) is 2.32.